The molecule has 0 fully saturated rings. The second-order valence-electron chi connectivity index (χ2n) is 4.81. The van der Waals surface area contributed by atoms with Crippen LogP contribution in [-0.2, 0) is 0 Å². The highest BCUT2D eigenvalue weighted by molar-refractivity contribution is 5.73. The van der Waals surface area contributed by atoms with Crippen molar-refractivity contribution in [1.29, 1.82) is 0 Å². The number of phenols is 1. The molecule has 0 radical (unpaired) electrons. The topological polar surface area (TPSA) is 74.9 Å². The first-order valence-electron chi connectivity index (χ1n) is 6.35. The fourth-order valence-electron chi connectivity index (χ4n) is 2.13. The van der Waals surface area contributed by atoms with Crippen molar-refractivity contribution in [3.63, 3.8) is 0 Å². The van der Waals surface area contributed by atoms with Gasteiger partial charge in [-0.25, -0.2) is 0 Å². The van der Waals surface area contributed by atoms with E-state index in [-0.39, 0.29) is 5.75 Å². The highest BCUT2D eigenvalue weighted by Crippen LogP contribution is 2.31. The fourth-order valence-corrected chi connectivity index (χ4v) is 2.13. The molecule has 4 nitrogen and oxygen atoms in total. The number of nitrogen functional groups attached to an aromatic ring is 1. The number of benzene rings is 2. The van der Waals surface area contributed by atoms with E-state index in [0.717, 1.165) is 33.8 Å². The van der Waals surface area contributed by atoms with Crippen LogP contribution in [0.1, 0.15) is 5.56 Å². The lowest BCUT2D eigenvalue weighted by Gasteiger charge is -2.02. The molecule has 0 unspecified atom stereocenters. The van der Waals surface area contributed by atoms with Crippen molar-refractivity contribution in [3.8, 4) is 28.3 Å². The Balaban J connectivity index is 2.01. The molecule has 20 heavy (non-hydrogen) atoms. The van der Waals surface area contributed by atoms with Crippen LogP contribution in [0.25, 0.3) is 22.5 Å². The van der Waals surface area contributed by atoms with E-state index in [1.807, 2.05) is 49.4 Å². The highest BCUT2D eigenvalue weighted by atomic mass is 16.3. The zero-order valence-electron chi connectivity index (χ0n) is 11.1. The monoisotopic (exact) mass is 265 g/mol. The predicted molar refractivity (Wildman–Crippen MR) is 80.3 cm³/mol. The lowest BCUT2D eigenvalue weighted by molar-refractivity contribution is 0.477. The van der Waals surface area contributed by atoms with Crippen molar-refractivity contribution >= 4 is 5.69 Å². The van der Waals surface area contributed by atoms with Crippen molar-refractivity contribution in [3.05, 3.63) is 54.1 Å². The van der Waals surface area contributed by atoms with Crippen LogP contribution in [-0.4, -0.2) is 15.3 Å². The molecular formula is C16H15N3O. The minimum Gasteiger partial charge on any atom is -0.507 e. The third kappa shape index (κ3) is 2.23. The number of nitrogens with two attached hydrogens (primary N) is 1. The van der Waals surface area contributed by atoms with Crippen molar-refractivity contribution in [2.45, 2.75) is 6.92 Å². The third-order valence-corrected chi connectivity index (χ3v) is 3.23. The molecule has 0 aliphatic heterocycles. The molecule has 3 aromatic rings. The van der Waals surface area contributed by atoms with E-state index < -0.39 is 0 Å². The summed E-state index contributed by atoms with van der Waals surface area (Å²) in [6.07, 6.45) is 0. The molecule has 0 amide bonds. The van der Waals surface area contributed by atoms with Gasteiger partial charge in [0.15, 0.2) is 0 Å². The maximum atomic E-state index is 9.94. The summed E-state index contributed by atoms with van der Waals surface area (Å²) in [7, 11) is 0. The van der Waals surface area contributed by atoms with Crippen LogP contribution >= 0.6 is 0 Å². The average Bonchev–Trinajstić information content (AvgIpc) is 2.92. The standard InChI is InChI=1S/C16H15N3O/c1-10-2-7-16(20)13(8-10)15-9-14(18-19-15)11-3-5-12(17)6-4-11/h2-9,20H,17H2,1H3,(H,18,19). The van der Waals surface area contributed by atoms with E-state index in [1.54, 1.807) is 6.07 Å². The number of hydrogen-bond acceptors (Lipinski definition) is 3. The molecule has 100 valence electrons. The zero-order chi connectivity index (χ0) is 14.1. The van der Waals surface area contributed by atoms with Gasteiger partial charge in [0.25, 0.3) is 0 Å². The molecular weight excluding hydrogens is 250 g/mol. The Morgan fingerprint density at radius 3 is 2.55 bits per heavy atom. The Labute approximate surface area is 116 Å². The first-order chi connectivity index (χ1) is 9.63. The maximum Gasteiger partial charge on any atom is 0.124 e. The Bertz CT molecular complexity index is 745. The van der Waals surface area contributed by atoms with Crippen molar-refractivity contribution in [1.82, 2.24) is 10.2 Å². The van der Waals surface area contributed by atoms with Crippen molar-refractivity contribution < 1.29 is 5.11 Å². The number of aromatic hydroxyl groups is 1. The van der Waals surface area contributed by atoms with E-state index in [1.165, 1.54) is 0 Å². The second kappa shape index (κ2) is 4.74. The van der Waals surface area contributed by atoms with Crippen LogP contribution in [0.5, 0.6) is 5.75 Å². The van der Waals surface area contributed by atoms with E-state index in [0.29, 0.717) is 0 Å². The summed E-state index contributed by atoms with van der Waals surface area (Å²) >= 11 is 0. The smallest absolute Gasteiger partial charge is 0.124 e. The number of H-pyrrole nitrogens is 1. The minimum atomic E-state index is 0.239. The molecule has 0 saturated carbocycles. The van der Waals surface area contributed by atoms with E-state index in [9.17, 15) is 5.11 Å². The highest BCUT2D eigenvalue weighted by Gasteiger charge is 2.09. The minimum absolute atomic E-state index is 0.239. The first-order valence-corrected chi connectivity index (χ1v) is 6.35. The maximum absolute atomic E-state index is 9.94. The Hall–Kier alpha value is -2.75. The Morgan fingerprint density at radius 2 is 1.80 bits per heavy atom. The van der Waals surface area contributed by atoms with E-state index >= 15 is 0 Å². The summed E-state index contributed by atoms with van der Waals surface area (Å²) in [5.41, 5.74) is 10.8. The number of anilines is 1. The molecule has 0 aliphatic carbocycles. The summed E-state index contributed by atoms with van der Waals surface area (Å²) in [6.45, 7) is 1.99. The van der Waals surface area contributed by atoms with Crippen LogP contribution in [0.2, 0.25) is 0 Å². The molecule has 4 N–H and O–H groups in total. The molecule has 0 spiro atoms. The molecule has 0 atom stereocenters. The van der Waals surface area contributed by atoms with Gasteiger partial charge in [-0.2, -0.15) is 5.10 Å². The third-order valence-electron chi connectivity index (χ3n) is 3.23. The number of aromatic nitrogens is 2. The van der Waals surface area contributed by atoms with Gasteiger partial charge in [-0.15, -0.1) is 0 Å². The number of aryl methyl sites for hydroxylation is 1. The van der Waals surface area contributed by atoms with Gasteiger partial charge in [0.1, 0.15) is 5.75 Å². The van der Waals surface area contributed by atoms with Crippen LogP contribution in [0.3, 0.4) is 0 Å². The summed E-state index contributed by atoms with van der Waals surface area (Å²) < 4.78 is 0. The summed E-state index contributed by atoms with van der Waals surface area (Å²) in [5.74, 6) is 0.239. The quantitative estimate of drug-likeness (QED) is 0.622. The molecule has 3 rings (SSSR count). The van der Waals surface area contributed by atoms with Gasteiger partial charge in [0.2, 0.25) is 0 Å². The molecule has 1 aromatic heterocycles. The Kier molecular flexibility index (Phi) is 2.91. The largest absolute Gasteiger partial charge is 0.507 e. The fraction of sp³-hybridized carbons (Fsp3) is 0.0625. The number of hydrogen-bond donors (Lipinski definition) is 3. The molecule has 1 heterocycles. The molecule has 4 heteroatoms. The lowest BCUT2D eigenvalue weighted by Crippen LogP contribution is -1.83. The number of rotatable bonds is 2. The van der Waals surface area contributed by atoms with Gasteiger partial charge in [-0.3, -0.25) is 5.10 Å². The van der Waals surface area contributed by atoms with Gasteiger partial charge in [-0.05, 0) is 37.3 Å². The summed E-state index contributed by atoms with van der Waals surface area (Å²) in [4.78, 5) is 0. The predicted octanol–water partition coefficient (Wildman–Crippen LogP) is 3.34. The SMILES string of the molecule is Cc1ccc(O)c(-c2cc(-c3ccc(N)cc3)n[nH]2)c1. The van der Waals surface area contributed by atoms with Crippen molar-refractivity contribution in [2.75, 3.05) is 5.73 Å². The number of aromatic amines is 1. The number of nitrogens with zero attached hydrogens (tertiary/aromatic N) is 1. The van der Waals surface area contributed by atoms with Crippen molar-refractivity contribution in [2.24, 2.45) is 0 Å². The van der Waals surface area contributed by atoms with Crippen LogP contribution in [0.15, 0.2) is 48.5 Å². The second-order valence-corrected chi connectivity index (χ2v) is 4.81. The average molecular weight is 265 g/mol. The van der Waals surface area contributed by atoms with E-state index in [2.05, 4.69) is 10.2 Å². The number of nitrogens with one attached hydrogen (secondary N) is 1. The summed E-state index contributed by atoms with van der Waals surface area (Å²) in [5, 5.41) is 17.2. The van der Waals surface area contributed by atoms with Crippen LogP contribution < -0.4 is 5.73 Å². The van der Waals surface area contributed by atoms with Gasteiger partial charge in [-0.1, -0.05) is 23.8 Å². The number of phenolic OH excluding ortho intramolecular Hbond substituents is 1. The van der Waals surface area contributed by atoms with Crippen LogP contribution in [0, 0.1) is 6.92 Å². The van der Waals surface area contributed by atoms with E-state index in [4.69, 9.17) is 5.73 Å². The summed E-state index contributed by atoms with van der Waals surface area (Å²) in [6, 6.07) is 14.9. The van der Waals surface area contributed by atoms with Gasteiger partial charge < -0.3 is 10.8 Å². The molecule has 2 aromatic carbocycles. The van der Waals surface area contributed by atoms with Gasteiger partial charge in [0.05, 0.1) is 11.4 Å². The first kappa shape index (κ1) is 12.3. The van der Waals surface area contributed by atoms with Gasteiger partial charge in [0, 0.05) is 16.8 Å². The molecule has 0 saturated heterocycles. The lowest BCUT2D eigenvalue weighted by atomic mass is 10.1. The zero-order valence-corrected chi connectivity index (χ0v) is 11.1. The molecule has 0 bridgehead atoms. The van der Waals surface area contributed by atoms with Gasteiger partial charge >= 0.3 is 0 Å². The molecule has 0 aliphatic rings. The normalized spacial score (nSPS) is 10.7. The Morgan fingerprint density at radius 1 is 1.05 bits per heavy atom. The van der Waals surface area contributed by atoms with Crippen LogP contribution in [0.4, 0.5) is 5.69 Å².